The zero-order valence-corrected chi connectivity index (χ0v) is 32.3. The summed E-state index contributed by atoms with van der Waals surface area (Å²) in [6.07, 6.45) is 4.89. The molecule has 274 valence electrons. The quantitative estimate of drug-likeness (QED) is 0.170. The highest BCUT2D eigenvalue weighted by atomic mass is 15.1. The van der Waals surface area contributed by atoms with Gasteiger partial charge in [-0.2, -0.15) is 0 Å². The third kappa shape index (κ3) is 4.77. The number of benzene rings is 9. The normalized spacial score (nSPS) is 14.1. The fourth-order valence-corrected chi connectivity index (χ4v) is 10.8. The standard InChI is InChI=1S/C57H41N/c1-2-15-39(16-3-1)46-21-10-13-28-55(46)58(42-32-29-41(30-33-42)45-25-14-19-38-17-4-6-20-44(38)45)43-34-35-50-54(37-43)57(53-36-31-40-18-5-7-22-47(40)56(50)53)51-26-11-8-23-48(51)49-24-9-12-27-52(49)57/h1-3,5,7-16,18-19,21-37H,4,6,17,20H2. The minimum atomic E-state index is -0.460. The summed E-state index contributed by atoms with van der Waals surface area (Å²) >= 11 is 0. The van der Waals surface area contributed by atoms with Crippen LogP contribution in [0.15, 0.2) is 200 Å². The van der Waals surface area contributed by atoms with Crippen LogP contribution in [-0.4, -0.2) is 0 Å². The summed E-state index contributed by atoms with van der Waals surface area (Å²) in [6.45, 7) is 0. The number of nitrogens with zero attached hydrogens (tertiary/aromatic N) is 1. The van der Waals surface area contributed by atoms with Crippen molar-refractivity contribution in [1.29, 1.82) is 0 Å². The second-order valence-corrected chi connectivity index (χ2v) is 16.2. The summed E-state index contributed by atoms with van der Waals surface area (Å²) < 4.78 is 0. The molecule has 0 saturated carbocycles. The van der Waals surface area contributed by atoms with Crippen LogP contribution in [0.25, 0.3) is 55.3 Å². The van der Waals surface area contributed by atoms with Gasteiger partial charge in [0.2, 0.25) is 0 Å². The van der Waals surface area contributed by atoms with Crippen LogP contribution in [-0.2, 0) is 18.3 Å². The first-order chi connectivity index (χ1) is 28.8. The number of hydrogen-bond donors (Lipinski definition) is 0. The van der Waals surface area contributed by atoms with Crippen molar-refractivity contribution < 1.29 is 0 Å². The summed E-state index contributed by atoms with van der Waals surface area (Å²) in [6, 6.07) is 75.2. The smallest absolute Gasteiger partial charge is 0.0726 e. The van der Waals surface area contributed by atoms with E-state index in [1.165, 1.54) is 108 Å². The van der Waals surface area contributed by atoms with Gasteiger partial charge < -0.3 is 4.90 Å². The SMILES string of the molecule is c1ccc(-c2ccccc2N(c2ccc(-c3cccc4c3CCCC4)cc2)c2ccc3c(c2)C2(c4ccccc4-c4ccccc42)c2ccc4ccccc4c2-3)cc1. The molecule has 3 aliphatic rings. The molecule has 1 spiro atoms. The largest absolute Gasteiger partial charge is 0.310 e. The van der Waals surface area contributed by atoms with Crippen molar-refractivity contribution in [3.05, 3.63) is 234 Å². The van der Waals surface area contributed by atoms with E-state index in [2.05, 4.69) is 205 Å². The Labute approximate surface area is 340 Å². The highest BCUT2D eigenvalue weighted by Gasteiger charge is 2.52. The molecule has 0 bridgehead atoms. The predicted molar refractivity (Wildman–Crippen MR) is 242 cm³/mol. The first-order valence-corrected chi connectivity index (χ1v) is 20.8. The Hall–Kier alpha value is -6.96. The third-order valence-corrected chi connectivity index (χ3v) is 13.3. The molecule has 12 rings (SSSR count). The monoisotopic (exact) mass is 739 g/mol. The highest BCUT2D eigenvalue weighted by molar-refractivity contribution is 6.07. The van der Waals surface area contributed by atoms with E-state index >= 15 is 0 Å². The lowest BCUT2D eigenvalue weighted by Crippen LogP contribution is -2.26. The van der Waals surface area contributed by atoms with Crippen LogP contribution < -0.4 is 4.90 Å². The van der Waals surface area contributed by atoms with Gasteiger partial charge in [-0.25, -0.2) is 0 Å². The molecule has 0 unspecified atom stereocenters. The summed E-state index contributed by atoms with van der Waals surface area (Å²) in [7, 11) is 0. The summed E-state index contributed by atoms with van der Waals surface area (Å²) in [5.74, 6) is 0. The third-order valence-electron chi connectivity index (χ3n) is 13.3. The Morgan fingerprint density at radius 3 is 1.83 bits per heavy atom. The van der Waals surface area contributed by atoms with Gasteiger partial charge in [0, 0.05) is 16.9 Å². The summed E-state index contributed by atoms with van der Waals surface area (Å²) in [5, 5.41) is 2.57. The van der Waals surface area contributed by atoms with Crippen molar-refractivity contribution in [2.24, 2.45) is 0 Å². The number of anilines is 3. The van der Waals surface area contributed by atoms with Crippen molar-refractivity contribution in [2.45, 2.75) is 31.1 Å². The first-order valence-electron chi connectivity index (χ1n) is 20.8. The Morgan fingerprint density at radius 1 is 0.379 bits per heavy atom. The van der Waals surface area contributed by atoms with E-state index in [0.29, 0.717) is 0 Å². The molecule has 0 radical (unpaired) electrons. The fraction of sp³-hybridized carbons (Fsp3) is 0.0877. The minimum Gasteiger partial charge on any atom is -0.310 e. The number of aryl methyl sites for hydroxylation is 1. The van der Waals surface area contributed by atoms with Crippen molar-refractivity contribution in [2.75, 3.05) is 4.90 Å². The lowest BCUT2D eigenvalue weighted by molar-refractivity contribution is 0.687. The maximum atomic E-state index is 2.52. The lowest BCUT2D eigenvalue weighted by atomic mass is 9.70. The molecule has 9 aromatic rings. The molecular formula is C57H41N. The van der Waals surface area contributed by atoms with Crippen LogP contribution in [0, 0.1) is 0 Å². The lowest BCUT2D eigenvalue weighted by Gasteiger charge is -2.33. The van der Waals surface area contributed by atoms with Crippen molar-refractivity contribution >= 4 is 27.8 Å². The Bertz CT molecular complexity index is 3020. The van der Waals surface area contributed by atoms with Gasteiger partial charge in [-0.15, -0.1) is 0 Å². The summed E-state index contributed by atoms with van der Waals surface area (Å²) in [4.78, 5) is 2.49. The molecule has 0 N–H and O–H groups in total. The van der Waals surface area contributed by atoms with Gasteiger partial charge in [0.15, 0.2) is 0 Å². The van der Waals surface area contributed by atoms with Gasteiger partial charge >= 0.3 is 0 Å². The van der Waals surface area contributed by atoms with Gasteiger partial charge in [0.1, 0.15) is 0 Å². The zero-order valence-electron chi connectivity index (χ0n) is 32.3. The van der Waals surface area contributed by atoms with E-state index in [1.807, 2.05) is 0 Å². The van der Waals surface area contributed by atoms with Crippen LogP contribution in [0.4, 0.5) is 17.1 Å². The second-order valence-electron chi connectivity index (χ2n) is 16.2. The van der Waals surface area contributed by atoms with Gasteiger partial charge in [0.25, 0.3) is 0 Å². The molecule has 9 aromatic carbocycles. The van der Waals surface area contributed by atoms with E-state index in [9.17, 15) is 0 Å². The van der Waals surface area contributed by atoms with E-state index < -0.39 is 5.41 Å². The van der Waals surface area contributed by atoms with Gasteiger partial charge in [-0.1, -0.05) is 170 Å². The Morgan fingerprint density at radius 2 is 1.02 bits per heavy atom. The van der Waals surface area contributed by atoms with E-state index in [-0.39, 0.29) is 0 Å². The van der Waals surface area contributed by atoms with Crippen LogP contribution in [0.2, 0.25) is 0 Å². The number of para-hydroxylation sites is 1. The van der Waals surface area contributed by atoms with Crippen molar-refractivity contribution in [3.63, 3.8) is 0 Å². The van der Waals surface area contributed by atoms with Crippen LogP contribution >= 0.6 is 0 Å². The Balaban J connectivity index is 1.12. The highest BCUT2D eigenvalue weighted by Crippen LogP contribution is 2.64. The maximum Gasteiger partial charge on any atom is 0.0726 e. The predicted octanol–water partition coefficient (Wildman–Crippen LogP) is 14.9. The van der Waals surface area contributed by atoms with Crippen molar-refractivity contribution in [3.8, 4) is 44.5 Å². The van der Waals surface area contributed by atoms with E-state index in [0.717, 1.165) is 23.5 Å². The van der Waals surface area contributed by atoms with Crippen LogP contribution in [0.5, 0.6) is 0 Å². The first kappa shape index (κ1) is 33.2. The van der Waals surface area contributed by atoms with Crippen LogP contribution in [0.1, 0.15) is 46.2 Å². The molecule has 3 aliphatic carbocycles. The second kappa shape index (κ2) is 13.0. The van der Waals surface area contributed by atoms with Crippen molar-refractivity contribution in [1.82, 2.24) is 0 Å². The Kier molecular flexibility index (Phi) is 7.47. The molecule has 0 fully saturated rings. The summed E-state index contributed by atoms with van der Waals surface area (Å²) in [5.41, 5.74) is 21.8. The molecule has 1 heteroatoms. The molecule has 0 saturated heterocycles. The molecule has 1 nitrogen and oxygen atoms in total. The molecule has 0 atom stereocenters. The number of hydrogen-bond acceptors (Lipinski definition) is 1. The van der Waals surface area contributed by atoms with Crippen LogP contribution in [0.3, 0.4) is 0 Å². The fourth-order valence-electron chi connectivity index (χ4n) is 10.8. The number of fused-ring (bicyclic) bond motifs is 13. The van der Waals surface area contributed by atoms with Gasteiger partial charge in [0.05, 0.1) is 11.1 Å². The van der Waals surface area contributed by atoms with E-state index in [4.69, 9.17) is 0 Å². The number of rotatable bonds is 5. The topological polar surface area (TPSA) is 3.24 Å². The van der Waals surface area contributed by atoms with Gasteiger partial charge in [-0.3, -0.25) is 0 Å². The molecule has 58 heavy (non-hydrogen) atoms. The molecule has 0 amide bonds. The zero-order chi connectivity index (χ0) is 38.2. The van der Waals surface area contributed by atoms with Gasteiger partial charge in [-0.05, 0) is 139 Å². The minimum absolute atomic E-state index is 0.460. The molecule has 0 aliphatic heterocycles. The molecule has 0 aromatic heterocycles. The molecule has 0 heterocycles. The van der Waals surface area contributed by atoms with E-state index in [1.54, 1.807) is 0 Å². The maximum absolute atomic E-state index is 2.52. The average Bonchev–Trinajstić information content (AvgIpc) is 3.77. The molecular weight excluding hydrogens is 699 g/mol. The average molecular weight is 740 g/mol.